The van der Waals surface area contributed by atoms with Gasteiger partial charge in [-0.2, -0.15) is 0 Å². The van der Waals surface area contributed by atoms with Crippen LogP contribution in [-0.2, 0) is 27.8 Å². The van der Waals surface area contributed by atoms with Crippen LogP contribution in [0, 0.1) is 0 Å². The quantitative estimate of drug-likeness (QED) is 0.0245. The Hall–Kier alpha value is -0.0900. The van der Waals surface area contributed by atoms with E-state index in [9.17, 15) is 14.6 Å². The summed E-state index contributed by atoms with van der Waals surface area (Å²) in [5, 5.41) is 10.6. The monoisotopic (exact) mass is 722 g/mol. The minimum atomic E-state index is -4.28. The van der Waals surface area contributed by atoms with Gasteiger partial charge >= 0.3 is 7.82 Å². The van der Waals surface area contributed by atoms with E-state index >= 15 is 0 Å². The lowest BCUT2D eigenvalue weighted by atomic mass is 10.0. The summed E-state index contributed by atoms with van der Waals surface area (Å²) >= 11 is 0. The smallest absolute Gasteiger partial charge is 0.368 e. The Kier molecular flexibility index (Phi) is 31.2. The fourth-order valence-corrected chi connectivity index (χ4v) is 7.12. The number of rotatable bonds is 40. The highest BCUT2D eigenvalue weighted by Crippen LogP contribution is 2.43. The Morgan fingerprint density at radius 2 is 1.06 bits per heavy atom. The molecule has 1 heterocycles. The summed E-state index contributed by atoms with van der Waals surface area (Å²) in [5.41, 5.74) is 5.39. The van der Waals surface area contributed by atoms with Crippen LogP contribution in [-0.4, -0.2) is 61.2 Å². The summed E-state index contributed by atoms with van der Waals surface area (Å²) in [6, 6.07) is 0. The third kappa shape index (κ3) is 30.1. The molecule has 294 valence electrons. The number of phosphoric ester groups is 1. The van der Waals surface area contributed by atoms with Crippen molar-refractivity contribution in [3.05, 3.63) is 0 Å². The van der Waals surface area contributed by atoms with E-state index in [1.807, 2.05) is 0 Å². The highest BCUT2D eigenvalue weighted by molar-refractivity contribution is 7.47. The molecule has 1 rings (SSSR count). The van der Waals surface area contributed by atoms with Crippen LogP contribution in [0.5, 0.6) is 0 Å². The molecule has 2 unspecified atom stereocenters. The van der Waals surface area contributed by atoms with Gasteiger partial charge in [0.15, 0.2) is 12.1 Å². The van der Waals surface area contributed by atoms with Crippen molar-refractivity contribution in [2.24, 2.45) is 5.73 Å². The molecule has 1 saturated heterocycles. The van der Waals surface area contributed by atoms with Crippen molar-refractivity contribution in [2.45, 2.75) is 218 Å². The van der Waals surface area contributed by atoms with Crippen LogP contribution in [0.15, 0.2) is 0 Å². The van der Waals surface area contributed by atoms with Gasteiger partial charge in [-0.05, 0) is 19.3 Å². The van der Waals surface area contributed by atoms with Crippen LogP contribution >= 0.6 is 7.82 Å². The van der Waals surface area contributed by atoms with E-state index in [1.165, 1.54) is 141 Å². The zero-order valence-electron chi connectivity index (χ0n) is 32.1. The molecule has 1 fully saturated rings. The number of ether oxygens (including phenoxy) is 3. The maximum absolute atomic E-state index is 12.2. The van der Waals surface area contributed by atoms with Gasteiger partial charge in [-0.25, -0.2) is 4.57 Å². The molecule has 1 aliphatic heterocycles. The van der Waals surface area contributed by atoms with Crippen LogP contribution in [0.4, 0.5) is 0 Å². The molecule has 1 aliphatic rings. The lowest BCUT2D eigenvalue weighted by Gasteiger charge is -2.24. The lowest BCUT2D eigenvalue weighted by Crippen LogP contribution is -2.33. The standard InChI is InChI=1S/C39H80NO8P/c1-3-5-7-9-11-13-15-17-19-21-23-25-27-29-31-39(36-45-39)44-34-37(35-47-49(42,43)46-33-32-40)48-38(41)30-28-26-24-22-20-18-16-14-12-10-8-6-4-2/h37-38,41H,3-36,40H2,1-2H3,(H,42,43)/t37-,38?,39-/m1/s1. The number of hydrogen-bond donors (Lipinski definition) is 3. The molecule has 0 bridgehead atoms. The molecule has 0 saturated carbocycles. The molecule has 4 N–H and O–H groups in total. The molecule has 0 spiro atoms. The summed E-state index contributed by atoms with van der Waals surface area (Å²) in [4.78, 5) is 9.97. The normalized spacial score (nSPS) is 18.5. The minimum Gasteiger partial charge on any atom is -0.368 e. The predicted molar refractivity (Wildman–Crippen MR) is 202 cm³/mol. The average molecular weight is 722 g/mol. The third-order valence-corrected chi connectivity index (χ3v) is 10.6. The molecule has 10 heteroatoms. The fraction of sp³-hybridized carbons (Fsp3) is 1.00. The summed E-state index contributed by atoms with van der Waals surface area (Å²) in [7, 11) is -4.28. The van der Waals surface area contributed by atoms with Crippen LogP contribution < -0.4 is 5.73 Å². The van der Waals surface area contributed by atoms with Crippen molar-refractivity contribution in [3.8, 4) is 0 Å². The third-order valence-electron chi connectivity index (χ3n) is 9.61. The van der Waals surface area contributed by atoms with Crippen molar-refractivity contribution in [1.82, 2.24) is 0 Å². The second-order valence-electron chi connectivity index (χ2n) is 14.5. The highest BCUT2D eigenvalue weighted by Gasteiger charge is 2.46. The van der Waals surface area contributed by atoms with Gasteiger partial charge in [0.2, 0.25) is 0 Å². The molecule has 4 atom stereocenters. The van der Waals surface area contributed by atoms with Gasteiger partial charge in [-0.1, -0.05) is 174 Å². The van der Waals surface area contributed by atoms with Crippen molar-refractivity contribution >= 4 is 7.82 Å². The van der Waals surface area contributed by atoms with E-state index in [-0.39, 0.29) is 26.4 Å². The first-order chi connectivity index (χ1) is 23.9. The molecular formula is C39H80NO8P. The summed E-state index contributed by atoms with van der Waals surface area (Å²) < 4.78 is 39.9. The predicted octanol–water partition coefficient (Wildman–Crippen LogP) is 10.9. The number of unbranched alkanes of at least 4 members (excludes halogenated alkanes) is 25. The van der Waals surface area contributed by atoms with Gasteiger partial charge in [-0.15, -0.1) is 0 Å². The second-order valence-corrected chi connectivity index (χ2v) is 15.9. The molecule has 9 nitrogen and oxygen atoms in total. The summed E-state index contributed by atoms with van der Waals surface area (Å²) in [6.45, 7) is 4.91. The van der Waals surface area contributed by atoms with E-state index in [2.05, 4.69) is 13.8 Å². The van der Waals surface area contributed by atoms with Crippen LogP contribution in [0.3, 0.4) is 0 Å². The number of aliphatic hydroxyl groups excluding tert-OH is 1. The lowest BCUT2D eigenvalue weighted by molar-refractivity contribution is -0.181. The summed E-state index contributed by atoms with van der Waals surface area (Å²) in [5.74, 6) is -0.627. The molecular weight excluding hydrogens is 641 g/mol. The van der Waals surface area contributed by atoms with Crippen molar-refractivity contribution in [3.63, 3.8) is 0 Å². The van der Waals surface area contributed by atoms with E-state index in [4.69, 9.17) is 29.0 Å². The van der Waals surface area contributed by atoms with Crippen LogP contribution in [0.25, 0.3) is 0 Å². The first-order valence-electron chi connectivity index (χ1n) is 20.8. The van der Waals surface area contributed by atoms with Crippen molar-refractivity contribution in [1.29, 1.82) is 0 Å². The van der Waals surface area contributed by atoms with Gasteiger partial charge in [0.05, 0.1) is 19.8 Å². The van der Waals surface area contributed by atoms with Crippen molar-refractivity contribution in [2.75, 3.05) is 33.0 Å². The van der Waals surface area contributed by atoms with E-state index in [0.717, 1.165) is 38.5 Å². The topological polar surface area (TPSA) is 133 Å². The SMILES string of the molecule is CCCCCCCCCCCCCCCC[C@]1(OC[C@H](COP(=O)(O)OCCN)OC(O)CCCCCCCCCCCCCCC)CO1. The number of phosphoric acid groups is 1. The van der Waals surface area contributed by atoms with Gasteiger partial charge in [-0.3, -0.25) is 9.05 Å². The average Bonchev–Trinajstić information content (AvgIpc) is 3.87. The Morgan fingerprint density at radius 3 is 1.47 bits per heavy atom. The number of hydrogen-bond acceptors (Lipinski definition) is 8. The van der Waals surface area contributed by atoms with Gasteiger partial charge in [0.25, 0.3) is 0 Å². The molecule has 0 amide bonds. The van der Waals surface area contributed by atoms with Crippen molar-refractivity contribution < 1.29 is 37.8 Å². The minimum absolute atomic E-state index is 0.0884. The zero-order valence-corrected chi connectivity index (χ0v) is 33.0. The molecule has 0 aromatic rings. The fourth-order valence-electron chi connectivity index (χ4n) is 6.35. The molecule has 0 radical (unpaired) electrons. The molecule has 0 aliphatic carbocycles. The Balaban J connectivity index is 2.24. The number of nitrogens with two attached hydrogens (primary N) is 1. The van der Waals surface area contributed by atoms with Gasteiger partial charge < -0.3 is 29.9 Å². The second kappa shape index (κ2) is 32.6. The Bertz CT molecular complexity index is 757. The molecule has 0 aromatic heterocycles. The van der Waals surface area contributed by atoms with Crippen LogP contribution in [0.1, 0.15) is 200 Å². The first kappa shape index (κ1) is 46.9. The maximum Gasteiger partial charge on any atom is 0.472 e. The number of epoxide rings is 1. The zero-order chi connectivity index (χ0) is 35.7. The van der Waals surface area contributed by atoms with Gasteiger partial charge in [0.1, 0.15) is 12.7 Å². The Morgan fingerprint density at radius 1 is 0.653 bits per heavy atom. The largest absolute Gasteiger partial charge is 0.472 e. The van der Waals surface area contributed by atoms with Crippen LogP contribution in [0.2, 0.25) is 0 Å². The summed E-state index contributed by atoms with van der Waals surface area (Å²) in [6.07, 6.45) is 34.3. The van der Waals surface area contributed by atoms with E-state index in [0.29, 0.717) is 13.0 Å². The first-order valence-corrected chi connectivity index (χ1v) is 22.3. The van der Waals surface area contributed by atoms with E-state index in [1.54, 1.807) is 0 Å². The maximum atomic E-state index is 12.2. The molecule has 49 heavy (non-hydrogen) atoms. The van der Waals surface area contributed by atoms with Gasteiger partial charge in [0, 0.05) is 13.0 Å². The van der Waals surface area contributed by atoms with E-state index < -0.39 is 26.0 Å². The number of aliphatic hydroxyl groups is 1. The highest BCUT2D eigenvalue weighted by atomic mass is 31.2. The Labute approximate surface area is 302 Å². The molecule has 0 aromatic carbocycles.